The van der Waals surface area contributed by atoms with E-state index < -0.39 is 0 Å². The largest absolute Gasteiger partial charge is 0.392 e. The van der Waals surface area contributed by atoms with Crippen molar-refractivity contribution in [2.24, 2.45) is 0 Å². The van der Waals surface area contributed by atoms with Gasteiger partial charge in [0.25, 0.3) is 0 Å². The smallest absolute Gasteiger partial charge is 0.222 e. The van der Waals surface area contributed by atoms with Crippen LogP contribution < -0.4 is 5.73 Å². The maximum atomic E-state index is 9.77. The van der Waals surface area contributed by atoms with Crippen molar-refractivity contribution in [3.05, 3.63) is 41.1 Å². The number of aromatic amines is 1. The number of H-pyrrole nitrogens is 1. The molecular formula is C17H18N4O. The summed E-state index contributed by atoms with van der Waals surface area (Å²) in [5, 5.41) is 10.7. The first-order chi connectivity index (χ1) is 10.7. The highest BCUT2D eigenvalue weighted by atomic mass is 16.3. The molecule has 0 saturated heterocycles. The summed E-state index contributed by atoms with van der Waals surface area (Å²) >= 11 is 0. The summed E-state index contributed by atoms with van der Waals surface area (Å²) in [7, 11) is 0. The molecule has 1 aromatic carbocycles. The van der Waals surface area contributed by atoms with Gasteiger partial charge >= 0.3 is 0 Å². The lowest BCUT2D eigenvalue weighted by Gasteiger charge is -2.11. The molecule has 0 bridgehead atoms. The number of nitrogen functional groups attached to an aromatic ring is 1. The molecule has 1 aliphatic rings. The molecule has 0 unspecified atom stereocenters. The Morgan fingerprint density at radius 2 is 2.09 bits per heavy atom. The molecule has 3 aromatic rings. The molecular weight excluding hydrogens is 276 g/mol. The number of nitrogens with zero attached hydrogens (tertiary/aromatic N) is 2. The second kappa shape index (κ2) is 4.81. The lowest BCUT2D eigenvalue weighted by Crippen LogP contribution is -2.00. The van der Waals surface area contributed by atoms with E-state index in [9.17, 15) is 5.11 Å². The van der Waals surface area contributed by atoms with Crippen molar-refractivity contribution in [1.82, 2.24) is 15.0 Å². The summed E-state index contributed by atoms with van der Waals surface area (Å²) in [5.74, 6) is 0.892. The third kappa shape index (κ3) is 2.14. The van der Waals surface area contributed by atoms with E-state index in [4.69, 9.17) is 5.73 Å². The van der Waals surface area contributed by atoms with E-state index in [-0.39, 0.29) is 12.6 Å². The fourth-order valence-corrected chi connectivity index (χ4v) is 3.01. The number of anilines is 1. The van der Waals surface area contributed by atoms with E-state index in [0.29, 0.717) is 5.92 Å². The number of hydrogen-bond acceptors (Lipinski definition) is 4. The lowest BCUT2D eigenvalue weighted by atomic mass is 9.98. The number of aryl methyl sites for hydroxylation is 1. The molecule has 1 fully saturated rings. The van der Waals surface area contributed by atoms with Crippen LogP contribution >= 0.6 is 0 Å². The number of hydrogen-bond donors (Lipinski definition) is 3. The predicted octanol–water partition coefficient (Wildman–Crippen LogP) is 2.89. The monoisotopic (exact) mass is 294 g/mol. The number of aliphatic hydroxyl groups is 1. The Bertz CT molecular complexity index is 864. The maximum Gasteiger partial charge on any atom is 0.222 e. The van der Waals surface area contributed by atoms with Gasteiger partial charge in [0.2, 0.25) is 5.95 Å². The number of nitrogens with two attached hydrogens (primary N) is 1. The lowest BCUT2D eigenvalue weighted by molar-refractivity contribution is 0.282. The van der Waals surface area contributed by atoms with E-state index >= 15 is 0 Å². The van der Waals surface area contributed by atoms with E-state index in [1.807, 2.05) is 19.1 Å². The Labute approximate surface area is 128 Å². The summed E-state index contributed by atoms with van der Waals surface area (Å²) in [6.45, 7) is 1.97. The summed E-state index contributed by atoms with van der Waals surface area (Å²) in [5.41, 5.74) is 11.5. The minimum Gasteiger partial charge on any atom is -0.392 e. The van der Waals surface area contributed by atoms with Gasteiger partial charge in [0, 0.05) is 16.6 Å². The van der Waals surface area contributed by atoms with E-state index in [0.717, 1.165) is 33.5 Å². The first-order valence-corrected chi connectivity index (χ1v) is 7.52. The molecule has 0 amide bonds. The molecule has 0 radical (unpaired) electrons. The van der Waals surface area contributed by atoms with Gasteiger partial charge in [0.15, 0.2) is 0 Å². The molecule has 5 nitrogen and oxygen atoms in total. The van der Waals surface area contributed by atoms with Crippen LogP contribution in [0.4, 0.5) is 5.95 Å². The molecule has 4 N–H and O–H groups in total. The Morgan fingerprint density at radius 1 is 1.27 bits per heavy atom. The molecule has 112 valence electrons. The highest BCUT2D eigenvalue weighted by Gasteiger charge is 2.24. The molecule has 0 spiro atoms. The van der Waals surface area contributed by atoms with Crippen LogP contribution in [0, 0.1) is 6.92 Å². The second-order valence-electron chi connectivity index (χ2n) is 5.99. The van der Waals surface area contributed by atoms with Crippen molar-refractivity contribution in [2.45, 2.75) is 32.3 Å². The molecule has 22 heavy (non-hydrogen) atoms. The van der Waals surface area contributed by atoms with Gasteiger partial charge in [-0.15, -0.1) is 0 Å². The summed E-state index contributed by atoms with van der Waals surface area (Å²) < 4.78 is 0. The van der Waals surface area contributed by atoms with Crippen LogP contribution in [0.15, 0.2) is 24.3 Å². The number of fused-ring (bicyclic) bond motifs is 1. The summed E-state index contributed by atoms with van der Waals surface area (Å²) in [6.07, 6.45) is 2.48. The van der Waals surface area contributed by atoms with Crippen LogP contribution in [0.1, 0.15) is 35.6 Å². The fourth-order valence-electron chi connectivity index (χ4n) is 3.01. The molecule has 4 rings (SSSR count). The van der Waals surface area contributed by atoms with Gasteiger partial charge in [-0.05, 0) is 42.9 Å². The first-order valence-electron chi connectivity index (χ1n) is 7.52. The van der Waals surface area contributed by atoms with Gasteiger partial charge in [0.05, 0.1) is 12.3 Å². The van der Waals surface area contributed by atoms with E-state index in [2.05, 4.69) is 27.1 Å². The summed E-state index contributed by atoms with van der Waals surface area (Å²) in [4.78, 5) is 11.9. The van der Waals surface area contributed by atoms with Crippen molar-refractivity contribution in [2.75, 3.05) is 5.73 Å². The minimum atomic E-state index is -0.00923. The zero-order chi connectivity index (χ0) is 15.3. The van der Waals surface area contributed by atoms with Crippen LogP contribution in [0.2, 0.25) is 0 Å². The molecule has 1 aliphatic carbocycles. The van der Waals surface area contributed by atoms with Gasteiger partial charge in [-0.25, -0.2) is 4.98 Å². The van der Waals surface area contributed by atoms with Gasteiger partial charge in [-0.2, -0.15) is 4.98 Å². The van der Waals surface area contributed by atoms with Gasteiger partial charge in [-0.1, -0.05) is 18.2 Å². The van der Waals surface area contributed by atoms with Crippen LogP contribution in [0.5, 0.6) is 0 Å². The standard InChI is InChI=1S/C17H18N4O/c1-9-6-14-15(20-17(18)21-16(14)19-9)13-5-4-11(10-2-3-10)7-12(13)8-22/h4-7,10,22H,2-3,8H2,1H3,(H3,18,19,20,21). The third-order valence-electron chi connectivity index (χ3n) is 4.24. The zero-order valence-corrected chi connectivity index (χ0v) is 12.4. The van der Waals surface area contributed by atoms with E-state index in [1.165, 1.54) is 18.4 Å². The van der Waals surface area contributed by atoms with Crippen molar-refractivity contribution in [3.8, 4) is 11.3 Å². The minimum absolute atomic E-state index is 0.00923. The first kappa shape index (κ1) is 13.3. The Hall–Kier alpha value is -2.40. The molecule has 2 aromatic heterocycles. The zero-order valence-electron chi connectivity index (χ0n) is 12.4. The van der Waals surface area contributed by atoms with Crippen LogP contribution in [0.3, 0.4) is 0 Å². The van der Waals surface area contributed by atoms with Crippen molar-refractivity contribution in [3.63, 3.8) is 0 Å². The van der Waals surface area contributed by atoms with Gasteiger partial charge in [0.1, 0.15) is 5.65 Å². The molecule has 1 saturated carbocycles. The van der Waals surface area contributed by atoms with Crippen molar-refractivity contribution < 1.29 is 5.11 Å². The van der Waals surface area contributed by atoms with Crippen LogP contribution in [-0.2, 0) is 6.61 Å². The predicted molar refractivity (Wildman–Crippen MR) is 86.4 cm³/mol. The number of aliphatic hydroxyl groups excluding tert-OH is 1. The highest BCUT2D eigenvalue weighted by Crippen LogP contribution is 2.41. The van der Waals surface area contributed by atoms with Gasteiger partial charge in [-0.3, -0.25) is 0 Å². The van der Waals surface area contributed by atoms with E-state index in [1.54, 1.807) is 0 Å². The molecule has 0 aliphatic heterocycles. The number of rotatable bonds is 3. The van der Waals surface area contributed by atoms with Crippen LogP contribution in [0.25, 0.3) is 22.3 Å². The Balaban J connectivity index is 1.94. The average Bonchev–Trinajstić information content (AvgIpc) is 3.28. The summed E-state index contributed by atoms with van der Waals surface area (Å²) in [6, 6.07) is 8.29. The topological polar surface area (TPSA) is 87.8 Å². The quantitative estimate of drug-likeness (QED) is 0.693. The molecule has 5 heteroatoms. The number of benzene rings is 1. The third-order valence-corrected chi connectivity index (χ3v) is 4.24. The Kier molecular flexibility index (Phi) is 2.90. The average molecular weight is 294 g/mol. The second-order valence-corrected chi connectivity index (χ2v) is 5.99. The normalized spacial score (nSPS) is 14.6. The SMILES string of the molecule is Cc1cc2c(-c3ccc(C4CC4)cc3CO)nc(N)nc2[nH]1. The van der Waals surface area contributed by atoms with Crippen molar-refractivity contribution >= 4 is 17.0 Å². The van der Waals surface area contributed by atoms with Gasteiger partial charge < -0.3 is 15.8 Å². The molecule has 0 atom stereocenters. The van der Waals surface area contributed by atoms with Crippen LogP contribution in [-0.4, -0.2) is 20.1 Å². The fraction of sp³-hybridized carbons (Fsp3) is 0.294. The van der Waals surface area contributed by atoms with Crippen molar-refractivity contribution in [1.29, 1.82) is 0 Å². The number of nitrogens with one attached hydrogen (secondary N) is 1. The highest BCUT2D eigenvalue weighted by molar-refractivity contribution is 5.93. The maximum absolute atomic E-state index is 9.77. The Morgan fingerprint density at radius 3 is 2.82 bits per heavy atom. The number of aromatic nitrogens is 3. The molecule has 2 heterocycles.